The van der Waals surface area contributed by atoms with Crippen molar-refractivity contribution in [1.29, 1.82) is 0 Å². The van der Waals surface area contributed by atoms with Crippen LogP contribution in [0.1, 0.15) is 55.7 Å². The minimum absolute atomic E-state index is 0.0253. The average molecular weight is 304 g/mol. The third-order valence-electron chi connectivity index (χ3n) is 3.84. The first-order chi connectivity index (χ1) is 10.2. The maximum Gasteiger partial charge on any atom is 0.341 e. The zero-order valence-electron chi connectivity index (χ0n) is 12.7. The monoisotopic (exact) mass is 304 g/mol. The van der Waals surface area contributed by atoms with E-state index in [2.05, 4.69) is 4.98 Å². The molecule has 0 aliphatic heterocycles. The summed E-state index contributed by atoms with van der Waals surface area (Å²) >= 11 is 0. The van der Waals surface area contributed by atoms with E-state index in [0.29, 0.717) is 5.65 Å². The highest BCUT2D eigenvalue weighted by Gasteiger charge is 2.29. The summed E-state index contributed by atoms with van der Waals surface area (Å²) in [5.74, 6) is -1.89. The maximum absolute atomic E-state index is 14.3. The summed E-state index contributed by atoms with van der Waals surface area (Å²) in [5, 5.41) is 9.20. The summed E-state index contributed by atoms with van der Waals surface area (Å²) in [4.78, 5) is 27.9. The third kappa shape index (κ3) is 2.28. The van der Waals surface area contributed by atoms with Gasteiger partial charge in [-0.1, -0.05) is 20.8 Å². The van der Waals surface area contributed by atoms with E-state index in [-0.39, 0.29) is 22.7 Å². The summed E-state index contributed by atoms with van der Waals surface area (Å²) in [6.45, 7) is 5.53. The second-order valence-electron chi connectivity index (χ2n) is 6.76. The Morgan fingerprint density at radius 1 is 1.41 bits per heavy atom. The molecule has 116 valence electrons. The summed E-state index contributed by atoms with van der Waals surface area (Å²) in [6.07, 6.45) is 3.14. The Hall–Kier alpha value is -2.24. The van der Waals surface area contributed by atoms with E-state index in [4.69, 9.17) is 0 Å². The number of carboxylic acid groups (broad SMARTS) is 1. The van der Waals surface area contributed by atoms with Gasteiger partial charge in [-0.15, -0.1) is 0 Å². The zero-order chi connectivity index (χ0) is 16.2. The van der Waals surface area contributed by atoms with Gasteiger partial charge < -0.3 is 9.67 Å². The van der Waals surface area contributed by atoms with Crippen molar-refractivity contribution in [3.8, 4) is 0 Å². The van der Waals surface area contributed by atoms with Gasteiger partial charge in [-0.25, -0.2) is 14.2 Å². The van der Waals surface area contributed by atoms with Crippen LogP contribution < -0.4 is 5.43 Å². The van der Waals surface area contributed by atoms with Gasteiger partial charge in [0.25, 0.3) is 0 Å². The molecular formula is C16H17FN2O3. The number of halogens is 1. The molecule has 0 atom stereocenters. The average Bonchev–Trinajstić information content (AvgIpc) is 3.21. The number of nitrogens with zero attached hydrogens (tertiary/aromatic N) is 2. The zero-order valence-corrected chi connectivity index (χ0v) is 12.7. The Bertz CT molecular complexity index is 845. The highest BCUT2D eigenvalue weighted by molar-refractivity contribution is 5.91. The van der Waals surface area contributed by atoms with E-state index in [1.54, 1.807) is 4.57 Å². The molecule has 1 aliphatic rings. The molecule has 3 rings (SSSR count). The fourth-order valence-electron chi connectivity index (χ4n) is 2.56. The molecule has 1 saturated carbocycles. The number of aromatic carboxylic acids is 1. The molecule has 2 heterocycles. The van der Waals surface area contributed by atoms with Crippen LogP contribution in [0.3, 0.4) is 0 Å². The van der Waals surface area contributed by atoms with Gasteiger partial charge in [0.1, 0.15) is 17.0 Å². The van der Waals surface area contributed by atoms with E-state index in [1.807, 2.05) is 20.8 Å². The normalized spacial score (nSPS) is 15.3. The molecule has 22 heavy (non-hydrogen) atoms. The van der Waals surface area contributed by atoms with Crippen LogP contribution in [0.15, 0.2) is 17.1 Å². The van der Waals surface area contributed by atoms with Gasteiger partial charge in [0.2, 0.25) is 5.43 Å². The van der Waals surface area contributed by atoms with Crippen LogP contribution in [0.4, 0.5) is 4.39 Å². The van der Waals surface area contributed by atoms with Crippen LogP contribution >= 0.6 is 0 Å². The highest BCUT2D eigenvalue weighted by atomic mass is 19.1. The van der Waals surface area contributed by atoms with Crippen molar-refractivity contribution in [2.75, 3.05) is 0 Å². The molecule has 6 heteroatoms. The third-order valence-corrected chi connectivity index (χ3v) is 3.84. The molecule has 2 aromatic heterocycles. The topological polar surface area (TPSA) is 72.2 Å². The molecular weight excluding hydrogens is 287 g/mol. The van der Waals surface area contributed by atoms with Crippen molar-refractivity contribution in [2.45, 2.75) is 45.1 Å². The van der Waals surface area contributed by atoms with Crippen molar-refractivity contribution in [2.24, 2.45) is 0 Å². The van der Waals surface area contributed by atoms with Crippen LogP contribution in [0.5, 0.6) is 0 Å². The Morgan fingerprint density at radius 2 is 2.05 bits per heavy atom. The molecule has 0 radical (unpaired) electrons. The van der Waals surface area contributed by atoms with Gasteiger partial charge in [0.15, 0.2) is 0 Å². The van der Waals surface area contributed by atoms with Gasteiger partial charge in [-0.3, -0.25) is 4.79 Å². The van der Waals surface area contributed by atoms with Crippen LogP contribution in [0.2, 0.25) is 0 Å². The Kier molecular flexibility index (Phi) is 3.09. The summed E-state index contributed by atoms with van der Waals surface area (Å²) in [6, 6.07) is 1.25. The van der Waals surface area contributed by atoms with Crippen LogP contribution in [-0.2, 0) is 5.41 Å². The van der Waals surface area contributed by atoms with Gasteiger partial charge in [-0.05, 0) is 18.9 Å². The van der Waals surface area contributed by atoms with Gasteiger partial charge in [-0.2, -0.15) is 0 Å². The number of rotatable bonds is 2. The predicted octanol–water partition coefficient (Wildman–Crippen LogP) is 2.87. The smallest absolute Gasteiger partial charge is 0.341 e. The molecule has 1 N–H and O–H groups in total. The molecule has 1 fully saturated rings. The Labute approximate surface area is 126 Å². The van der Waals surface area contributed by atoms with Crippen molar-refractivity contribution < 1.29 is 14.3 Å². The van der Waals surface area contributed by atoms with Crippen molar-refractivity contribution in [3.05, 3.63) is 39.6 Å². The van der Waals surface area contributed by atoms with E-state index in [0.717, 1.165) is 18.9 Å². The van der Waals surface area contributed by atoms with E-state index in [1.165, 1.54) is 6.20 Å². The van der Waals surface area contributed by atoms with E-state index in [9.17, 15) is 19.1 Å². The molecule has 0 aromatic carbocycles. The lowest BCUT2D eigenvalue weighted by Crippen LogP contribution is -2.22. The maximum atomic E-state index is 14.3. The molecule has 2 aromatic rings. The number of fused-ring (bicyclic) bond motifs is 1. The van der Waals surface area contributed by atoms with Gasteiger partial charge >= 0.3 is 5.97 Å². The van der Waals surface area contributed by atoms with Gasteiger partial charge in [0, 0.05) is 17.7 Å². The summed E-state index contributed by atoms with van der Waals surface area (Å²) in [5.41, 5.74) is -0.898. The number of carboxylic acids is 1. The Balaban J connectivity index is 2.42. The van der Waals surface area contributed by atoms with Gasteiger partial charge in [0.05, 0.1) is 11.1 Å². The first-order valence-corrected chi connectivity index (χ1v) is 7.19. The number of hydrogen-bond donors (Lipinski definition) is 1. The standard InChI is InChI=1S/C16H17FN2O3/c1-16(2,3)13-11(17)6-9-12(20)10(15(21)22)7-19(8-4-5-8)14(9)18-13/h6-8H,4-5H2,1-3H3,(H,21,22). The molecule has 0 amide bonds. The van der Waals surface area contributed by atoms with Crippen molar-refractivity contribution in [3.63, 3.8) is 0 Å². The molecule has 0 bridgehead atoms. The second-order valence-corrected chi connectivity index (χ2v) is 6.76. The molecule has 1 aliphatic carbocycles. The largest absolute Gasteiger partial charge is 0.477 e. The lowest BCUT2D eigenvalue weighted by Gasteiger charge is -2.20. The van der Waals surface area contributed by atoms with E-state index >= 15 is 0 Å². The highest BCUT2D eigenvalue weighted by Crippen LogP contribution is 2.37. The fourth-order valence-corrected chi connectivity index (χ4v) is 2.56. The first-order valence-electron chi connectivity index (χ1n) is 7.19. The number of hydrogen-bond acceptors (Lipinski definition) is 3. The van der Waals surface area contributed by atoms with Crippen LogP contribution in [-0.4, -0.2) is 20.6 Å². The molecule has 5 nitrogen and oxygen atoms in total. The van der Waals surface area contributed by atoms with Crippen LogP contribution in [0.25, 0.3) is 11.0 Å². The molecule has 0 spiro atoms. The first kappa shape index (κ1) is 14.7. The quantitative estimate of drug-likeness (QED) is 0.926. The Morgan fingerprint density at radius 3 is 2.55 bits per heavy atom. The lowest BCUT2D eigenvalue weighted by atomic mass is 9.91. The SMILES string of the molecule is CC(C)(C)c1nc2c(cc1F)c(=O)c(C(=O)O)cn2C1CC1. The minimum Gasteiger partial charge on any atom is -0.477 e. The van der Waals surface area contributed by atoms with Crippen molar-refractivity contribution >= 4 is 17.0 Å². The number of carbonyl (C=O) groups is 1. The molecule has 0 unspecified atom stereocenters. The lowest BCUT2D eigenvalue weighted by molar-refractivity contribution is 0.0695. The minimum atomic E-state index is -1.30. The second kappa shape index (κ2) is 4.63. The number of aromatic nitrogens is 2. The molecule has 0 saturated heterocycles. The summed E-state index contributed by atoms with van der Waals surface area (Å²) in [7, 11) is 0. The van der Waals surface area contributed by atoms with E-state index < -0.39 is 22.6 Å². The summed E-state index contributed by atoms with van der Waals surface area (Å²) < 4.78 is 16.0. The van der Waals surface area contributed by atoms with Crippen molar-refractivity contribution in [1.82, 2.24) is 9.55 Å². The fraction of sp³-hybridized carbons (Fsp3) is 0.438. The predicted molar refractivity (Wildman–Crippen MR) is 79.9 cm³/mol. The number of pyridine rings is 2. The van der Waals surface area contributed by atoms with Crippen LogP contribution in [0, 0.1) is 5.82 Å².